The maximum atomic E-state index is 12.7. The molecule has 2 aliphatic heterocycles. The Balaban J connectivity index is 1.55. The van der Waals surface area contributed by atoms with Crippen molar-refractivity contribution < 1.29 is 19.1 Å². The third-order valence-electron chi connectivity index (χ3n) is 4.83. The average Bonchev–Trinajstić information content (AvgIpc) is 3.18. The van der Waals surface area contributed by atoms with Gasteiger partial charge in [-0.3, -0.25) is 9.59 Å². The van der Waals surface area contributed by atoms with E-state index in [1.54, 1.807) is 12.1 Å². The smallest absolute Gasteiger partial charge is 0.243 e. The molecule has 2 aliphatic rings. The number of hydrogen-bond donors (Lipinski definition) is 1. The minimum absolute atomic E-state index is 0.117. The van der Waals surface area contributed by atoms with Gasteiger partial charge >= 0.3 is 0 Å². The maximum absolute atomic E-state index is 12.7. The van der Waals surface area contributed by atoms with Gasteiger partial charge in [-0.1, -0.05) is 18.2 Å². The molecule has 1 amide bonds. The van der Waals surface area contributed by atoms with Crippen LogP contribution in [0.3, 0.4) is 0 Å². The van der Waals surface area contributed by atoms with Gasteiger partial charge in [-0.25, -0.2) is 0 Å². The number of nitrogens with zero attached hydrogens (tertiary/aromatic N) is 1. The fraction of sp³-hybridized carbons (Fsp3) is 0.300. The molecule has 0 aromatic heterocycles. The van der Waals surface area contributed by atoms with E-state index in [9.17, 15) is 9.59 Å². The first kappa shape index (κ1) is 16.4. The monoisotopic (exact) mass is 352 g/mol. The summed E-state index contributed by atoms with van der Waals surface area (Å²) < 4.78 is 10.7. The molecule has 1 N–H and O–H groups in total. The van der Waals surface area contributed by atoms with Crippen molar-refractivity contribution >= 4 is 23.1 Å². The lowest BCUT2D eigenvalue weighted by molar-refractivity contribution is -0.115. The third kappa shape index (κ3) is 2.87. The van der Waals surface area contributed by atoms with E-state index in [-0.39, 0.29) is 31.1 Å². The lowest BCUT2D eigenvalue weighted by Gasteiger charge is -2.24. The molecule has 0 spiro atoms. The van der Waals surface area contributed by atoms with Crippen LogP contribution in [0.15, 0.2) is 36.4 Å². The summed E-state index contributed by atoms with van der Waals surface area (Å²) >= 11 is 0. The van der Waals surface area contributed by atoms with Crippen LogP contribution in [-0.4, -0.2) is 31.1 Å². The largest absolute Gasteiger partial charge is 0.454 e. The van der Waals surface area contributed by atoms with E-state index in [0.29, 0.717) is 22.7 Å². The molecule has 2 aromatic carbocycles. The molecule has 1 unspecified atom stereocenters. The Hall–Kier alpha value is -3.02. The van der Waals surface area contributed by atoms with Gasteiger partial charge in [-0.15, -0.1) is 0 Å². The second kappa shape index (κ2) is 6.37. The van der Waals surface area contributed by atoms with E-state index in [0.717, 1.165) is 12.1 Å². The number of nitrogens with one attached hydrogen (secondary N) is 1. The fourth-order valence-electron chi connectivity index (χ4n) is 3.55. The van der Waals surface area contributed by atoms with Gasteiger partial charge in [0.15, 0.2) is 17.3 Å². The number of rotatable bonds is 4. The molecule has 1 atom stereocenters. The summed E-state index contributed by atoms with van der Waals surface area (Å²) in [5, 5.41) is 2.86. The predicted molar refractivity (Wildman–Crippen MR) is 98.2 cm³/mol. The molecule has 6 nitrogen and oxygen atoms in total. The quantitative estimate of drug-likeness (QED) is 0.857. The summed E-state index contributed by atoms with van der Waals surface area (Å²) in [5.74, 6) is 0.744. The van der Waals surface area contributed by atoms with Crippen molar-refractivity contribution in [3.63, 3.8) is 0 Å². The minimum atomic E-state index is -0.171. The molecule has 2 heterocycles. The van der Waals surface area contributed by atoms with Gasteiger partial charge in [0.05, 0.1) is 12.2 Å². The Kier molecular flexibility index (Phi) is 4.03. The third-order valence-corrected chi connectivity index (χ3v) is 4.83. The predicted octanol–water partition coefficient (Wildman–Crippen LogP) is 3.01. The number of amides is 1. The van der Waals surface area contributed by atoms with Gasteiger partial charge in [0.2, 0.25) is 12.7 Å². The summed E-state index contributed by atoms with van der Waals surface area (Å²) in [6.07, 6.45) is 0.923. The number of fused-ring (bicyclic) bond motifs is 2. The normalized spacial score (nSPS) is 17.2. The van der Waals surface area contributed by atoms with Crippen LogP contribution in [0.25, 0.3) is 0 Å². The highest BCUT2D eigenvalue weighted by molar-refractivity contribution is 6.05. The molecule has 26 heavy (non-hydrogen) atoms. The van der Waals surface area contributed by atoms with Crippen molar-refractivity contribution in [1.29, 1.82) is 0 Å². The number of benzene rings is 2. The highest BCUT2D eigenvalue weighted by Gasteiger charge is 2.28. The van der Waals surface area contributed by atoms with Crippen LogP contribution in [0.4, 0.5) is 11.4 Å². The molecular weight excluding hydrogens is 332 g/mol. The van der Waals surface area contributed by atoms with E-state index >= 15 is 0 Å². The van der Waals surface area contributed by atoms with Crippen LogP contribution < -0.4 is 19.7 Å². The highest BCUT2D eigenvalue weighted by Crippen LogP contribution is 2.37. The first-order valence-corrected chi connectivity index (χ1v) is 8.62. The van der Waals surface area contributed by atoms with Crippen molar-refractivity contribution in [2.45, 2.75) is 26.3 Å². The van der Waals surface area contributed by atoms with Crippen molar-refractivity contribution in [2.75, 3.05) is 23.6 Å². The Labute approximate surface area is 151 Å². The second-order valence-corrected chi connectivity index (χ2v) is 6.67. The topological polar surface area (TPSA) is 67.9 Å². The number of para-hydroxylation sites is 1. The Bertz CT molecular complexity index is 893. The molecular formula is C20H20N2O4. The van der Waals surface area contributed by atoms with Gasteiger partial charge in [-0.05, 0) is 38.0 Å². The number of ketones is 1. The summed E-state index contributed by atoms with van der Waals surface area (Å²) in [6, 6.07) is 11.6. The van der Waals surface area contributed by atoms with E-state index in [1.165, 1.54) is 12.5 Å². The molecule has 6 heteroatoms. The van der Waals surface area contributed by atoms with Crippen LogP contribution in [0.1, 0.15) is 29.8 Å². The first-order valence-electron chi connectivity index (χ1n) is 8.62. The Morgan fingerprint density at radius 1 is 1.19 bits per heavy atom. The Morgan fingerprint density at radius 3 is 2.69 bits per heavy atom. The lowest BCUT2D eigenvalue weighted by Crippen LogP contribution is -2.37. The number of hydrogen-bond acceptors (Lipinski definition) is 5. The Morgan fingerprint density at radius 2 is 1.92 bits per heavy atom. The number of Topliss-reactive ketones (excluding diaryl/α,β-unsaturated/α-hetero) is 1. The zero-order chi connectivity index (χ0) is 18.3. The zero-order valence-corrected chi connectivity index (χ0v) is 14.7. The zero-order valence-electron chi connectivity index (χ0n) is 14.7. The van der Waals surface area contributed by atoms with E-state index in [1.807, 2.05) is 18.2 Å². The molecule has 2 aromatic rings. The number of anilines is 2. The van der Waals surface area contributed by atoms with Gasteiger partial charge in [-0.2, -0.15) is 0 Å². The van der Waals surface area contributed by atoms with E-state index in [2.05, 4.69) is 23.2 Å². The molecule has 0 saturated heterocycles. The van der Waals surface area contributed by atoms with Gasteiger partial charge in [0, 0.05) is 23.4 Å². The molecule has 0 bridgehead atoms. The fourth-order valence-corrected chi connectivity index (χ4v) is 3.55. The first-order chi connectivity index (χ1) is 12.5. The van der Waals surface area contributed by atoms with Crippen molar-refractivity contribution in [3.8, 4) is 11.5 Å². The van der Waals surface area contributed by atoms with Gasteiger partial charge in [0.25, 0.3) is 0 Å². The summed E-state index contributed by atoms with van der Waals surface area (Å²) in [7, 11) is 0. The minimum Gasteiger partial charge on any atom is -0.454 e. The highest BCUT2D eigenvalue weighted by atomic mass is 16.7. The van der Waals surface area contributed by atoms with Crippen molar-refractivity contribution in [1.82, 2.24) is 0 Å². The second-order valence-electron chi connectivity index (χ2n) is 6.67. The maximum Gasteiger partial charge on any atom is 0.243 e. The molecule has 0 aliphatic carbocycles. The SMILES string of the molecule is CC(=O)c1cc2c(cc1NC(=O)CN1c3ccccc3CC1C)OCO2. The molecule has 4 rings (SSSR count). The standard InChI is InChI=1S/C20H20N2O4/c1-12-7-14-5-3-4-6-17(14)22(12)10-20(24)21-16-9-19-18(25-11-26-19)8-15(16)13(2)23/h3-6,8-9,12H,7,10-11H2,1-2H3,(H,21,24). The van der Waals surface area contributed by atoms with Crippen LogP contribution in [-0.2, 0) is 11.2 Å². The van der Waals surface area contributed by atoms with Crippen LogP contribution in [0, 0.1) is 0 Å². The molecule has 0 fully saturated rings. The molecule has 0 saturated carbocycles. The van der Waals surface area contributed by atoms with Gasteiger partial charge in [0.1, 0.15) is 0 Å². The number of carbonyl (C=O) groups is 2. The summed E-state index contributed by atoms with van der Waals surface area (Å²) in [5.41, 5.74) is 3.21. The van der Waals surface area contributed by atoms with Crippen LogP contribution in [0.2, 0.25) is 0 Å². The lowest BCUT2D eigenvalue weighted by atomic mass is 10.1. The van der Waals surface area contributed by atoms with E-state index in [4.69, 9.17) is 9.47 Å². The number of ether oxygens (including phenoxy) is 2. The van der Waals surface area contributed by atoms with Crippen LogP contribution >= 0.6 is 0 Å². The van der Waals surface area contributed by atoms with Crippen LogP contribution in [0.5, 0.6) is 11.5 Å². The summed E-state index contributed by atoms with van der Waals surface area (Å²) in [4.78, 5) is 26.7. The average molecular weight is 352 g/mol. The summed E-state index contributed by atoms with van der Waals surface area (Å²) in [6.45, 7) is 3.91. The van der Waals surface area contributed by atoms with Gasteiger partial charge < -0.3 is 19.7 Å². The van der Waals surface area contributed by atoms with Crippen molar-refractivity contribution in [2.24, 2.45) is 0 Å². The number of carbonyl (C=O) groups excluding carboxylic acids is 2. The van der Waals surface area contributed by atoms with Crippen molar-refractivity contribution in [3.05, 3.63) is 47.5 Å². The molecule has 0 radical (unpaired) electrons. The van der Waals surface area contributed by atoms with E-state index < -0.39 is 0 Å². The molecule has 134 valence electrons.